The van der Waals surface area contributed by atoms with Crippen molar-refractivity contribution in [1.29, 1.82) is 0 Å². The zero-order chi connectivity index (χ0) is 10.7. The molecule has 0 aromatic heterocycles. The number of rotatable bonds is 2. The monoisotopic (exact) mass is 210 g/mol. The maximum Gasteiger partial charge on any atom is 0.338 e. The topological polar surface area (TPSA) is 26.3 Å². The quantitative estimate of drug-likeness (QED) is 0.701. The smallest absolute Gasteiger partial charge is 0.338 e. The lowest BCUT2D eigenvalue weighted by molar-refractivity contribution is 0.0600. The lowest BCUT2D eigenvalue weighted by Gasteiger charge is -2.07. The molecule has 0 amide bonds. The summed E-state index contributed by atoms with van der Waals surface area (Å²) in [7, 11) is 1.35. The van der Waals surface area contributed by atoms with E-state index in [4.69, 9.17) is 11.6 Å². The molecule has 14 heavy (non-hydrogen) atoms. The summed E-state index contributed by atoms with van der Waals surface area (Å²) in [6.45, 7) is 5.59. The van der Waals surface area contributed by atoms with Crippen molar-refractivity contribution in [3.63, 3.8) is 0 Å². The van der Waals surface area contributed by atoms with Crippen LogP contribution < -0.4 is 0 Å². The van der Waals surface area contributed by atoms with Crippen LogP contribution >= 0.6 is 11.6 Å². The van der Waals surface area contributed by atoms with Crippen molar-refractivity contribution < 1.29 is 9.53 Å². The second-order valence-corrected chi connectivity index (χ2v) is 3.40. The minimum atomic E-state index is -0.375. The fourth-order valence-corrected chi connectivity index (χ4v) is 1.33. The van der Waals surface area contributed by atoms with Crippen LogP contribution in [0.1, 0.15) is 22.8 Å². The van der Waals surface area contributed by atoms with Gasteiger partial charge in [-0.15, -0.1) is 0 Å². The van der Waals surface area contributed by atoms with Gasteiger partial charge in [0.1, 0.15) is 0 Å². The van der Waals surface area contributed by atoms with Crippen molar-refractivity contribution in [3.05, 3.63) is 40.9 Å². The number of carbonyl (C=O) groups is 1. The summed E-state index contributed by atoms with van der Waals surface area (Å²) in [5, 5.41) is 0.579. The number of esters is 1. The van der Waals surface area contributed by atoms with Crippen LogP contribution in [-0.4, -0.2) is 13.1 Å². The van der Waals surface area contributed by atoms with Gasteiger partial charge in [0.05, 0.1) is 12.7 Å². The SMILES string of the molecule is C=C(C)c1cc(Cl)ccc1C(=O)OC. The number of benzene rings is 1. The van der Waals surface area contributed by atoms with E-state index < -0.39 is 0 Å². The Bertz CT molecular complexity index is 383. The summed E-state index contributed by atoms with van der Waals surface area (Å²) in [4.78, 5) is 11.3. The molecule has 0 bridgehead atoms. The van der Waals surface area contributed by atoms with Gasteiger partial charge in [0.25, 0.3) is 0 Å². The summed E-state index contributed by atoms with van der Waals surface area (Å²) < 4.78 is 4.64. The molecule has 1 rings (SSSR count). The third-order valence-electron chi connectivity index (χ3n) is 1.85. The van der Waals surface area contributed by atoms with Crippen molar-refractivity contribution in [2.24, 2.45) is 0 Å². The molecule has 1 aromatic carbocycles. The molecule has 0 unspecified atom stereocenters. The summed E-state index contributed by atoms with van der Waals surface area (Å²) in [6.07, 6.45) is 0. The Morgan fingerprint density at radius 1 is 1.43 bits per heavy atom. The number of allylic oxidation sites excluding steroid dienone is 1. The van der Waals surface area contributed by atoms with Crippen LogP contribution in [0.3, 0.4) is 0 Å². The highest BCUT2D eigenvalue weighted by molar-refractivity contribution is 6.30. The van der Waals surface area contributed by atoms with E-state index in [1.165, 1.54) is 7.11 Å². The van der Waals surface area contributed by atoms with Crippen LogP contribution in [0, 0.1) is 0 Å². The molecule has 0 saturated heterocycles. The first-order valence-corrected chi connectivity index (χ1v) is 4.48. The predicted octanol–water partition coefficient (Wildman–Crippen LogP) is 3.16. The van der Waals surface area contributed by atoms with Crippen LogP contribution in [0.4, 0.5) is 0 Å². The average Bonchev–Trinajstić information content (AvgIpc) is 2.16. The fraction of sp³-hybridized carbons (Fsp3) is 0.182. The molecule has 2 nitrogen and oxygen atoms in total. The van der Waals surface area contributed by atoms with E-state index in [0.29, 0.717) is 10.6 Å². The van der Waals surface area contributed by atoms with Crippen LogP contribution in [0.25, 0.3) is 5.57 Å². The molecule has 0 aliphatic carbocycles. The third kappa shape index (κ3) is 2.15. The van der Waals surface area contributed by atoms with E-state index in [2.05, 4.69) is 11.3 Å². The van der Waals surface area contributed by atoms with E-state index in [1.54, 1.807) is 18.2 Å². The van der Waals surface area contributed by atoms with Gasteiger partial charge in [-0.2, -0.15) is 0 Å². The Balaban J connectivity index is 3.28. The minimum absolute atomic E-state index is 0.375. The molecule has 1 aromatic rings. The van der Waals surface area contributed by atoms with Crippen molar-refractivity contribution in [2.75, 3.05) is 7.11 Å². The predicted molar refractivity (Wildman–Crippen MR) is 57.5 cm³/mol. The van der Waals surface area contributed by atoms with Crippen LogP contribution in [0.15, 0.2) is 24.8 Å². The Hall–Kier alpha value is -1.28. The molecule has 0 radical (unpaired) electrons. The van der Waals surface area contributed by atoms with E-state index in [9.17, 15) is 4.79 Å². The number of ether oxygens (including phenoxy) is 1. The third-order valence-corrected chi connectivity index (χ3v) is 2.08. The Morgan fingerprint density at radius 3 is 2.57 bits per heavy atom. The second-order valence-electron chi connectivity index (χ2n) is 2.96. The van der Waals surface area contributed by atoms with Gasteiger partial charge in [-0.1, -0.05) is 23.8 Å². The lowest BCUT2D eigenvalue weighted by Crippen LogP contribution is -2.04. The van der Waals surface area contributed by atoms with Crippen molar-refractivity contribution in [3.8, 4) is 0 Å². The van der Waals surface area contributed by atoms with E-state index in [-0.39, 0.29) is 5.97 Å². The first-order chi connectivity index (χ1) is 6.56. The van der Waals surface area contributed by atoms with E-state index in [0.717, 1.165) is 11.1 Å². The number of hydrogen-bond donors (Lipinski definition) is 0. The Labute approximate surface area is 88.1 Å². The van der Waals surface area contributed by atoms with Crippen molar-refractivity contribution >= 4 is 23.1 Å². The van der Waals surface area contributed by atoms with Crippen LogP contribution in [-0.2, 0) is 4.74 Å². The first kappa shape index (κ1) is 10.8. The Morgan fingerprint density at radius 2 is 2.07 bits per heavy atom. The molecule has 0 atom stereocenters. The molecule has 0 fully saturated rings. The maximum absolute atomic E-state index is 11.3. The highest BCUT2D eigenvalue weighted by Crippen LogP contribution is 2.22. The molecule has 0 saturated carbocycles. The summed E-state index contributed by atoms with van der Waals surface area (Å²) >= 11 is 5.82. The summed E-state index contributed by atoms with van der Waals surface area (Å²) in [6, 6.07) is 4.99. The molecule has 0 spiro atoms. The highest BCUT2D eigenvalue weighted by Gasteiger charge is 2.12. The van der Waals surface area contributed by atoms with Gasteiger partial charge >= 0.3 is 5.97 Å². The average molecular weight is 211 g/mol. The maximum atomic E-state index is 11.3. The fourth-order valence-electron chi connectivity index (χ4n) is 1.16. The van der Waals surface area contributed by atoms with Gasteiger partial charge in [0, 0.05) is 5.02 Å². The minimum Gasteiger partial charge on any atom is -0.465 e. The zero-order valence-corrected chi connectivity index (χ0v) is 8.89. The molecule has 3 heteroatoms. The largest absolute Gasteiger partial charge is 0.465 e. The van der Waals surface area contributed by atoms with Gasteiger partial charge in [0.15, 0.2) is 0 Å². The van der Waals surface area contributed by atoms with Crippen molar-refractivity contribution in [1.82, 2.24) is 0 Å². The van der Waals surface area contributed by atoms with Crippen LogP contribution in [0.5, 0.6) is 0 Å². The Kier molecular flexibility index (Phi) is 3.31. The number of methoxy groups -OCH3 is 1. The number of carbonyl (C=O) groups excluding carboxylic acids is 1. The van der Waals surface area contributed by atoms with Crippen LogP contribution in [0.2, 0.25) is 5.02 Å². The number of halogens is 1. The van der Waals surface area contributed by atoms with Gasteiger partial charge in [-0.3, -0.25) is 0 Å². The first-order valence-electron chi connectivity index (χ1n) is 4.10. The molecule has 0 N–H and O–H groups in total. The highest BCUT2D eigenvalue weighted by atomic mass is 35.5. The van der Waals surface area contributed by atoms with Gasteiger partial charge in [-0.05, 0) is 30.7 Å². The normalized spacial score (nSPS) is 9.64. The van der Waals surface area contributed by atoms with Gasteiger partial charge in [-0.25, -0.2) is 4.79 Å². The molecule has 0 aliphatic heterocycles. The van der Waals surface area contributed by atoms with E-state index >= 15 is 0 Å². The summed E-state index contributed by atoms with van der Waals surface area (Å²) in [5.41, 5.74) is 2.00. The summed E-state index contributed by atoms with van der Waals surface area (Å²) in [5.74, 6) is -0.375. The molecular formula is C11H11ClO2. The van der Waals surface area contributed by atoms with Gasteiger partial charge in [0.2, 0.25) is 0 Å². The molecular weight excluding hydrogens is 200 g/mol. The second kappa shape index (κ2) is 4.29. The molecule has 74 valence electrons. The number of hydrogen-bond acceptors (Lipinski definition) is 2. The zero-order valence-electron chi connectivity index (χ0n) is 8.13. The van der Waals surface area contributed by atoms with E-state index in [1.807, 2.05) is 6.92 Å². The van der Waals surface area contributed by atoms with Gasteiger partial charge < -0.3 is 4.74 Å². The lowest BCUT2D eigenvalue weighted by atomic mass is 10.0. The standard InChI is InChI=1S/C11H11ClO2/c1-7(2)10-6-8(12)4-5-9(10)11(13)14-3/h4-6H,1H2,2-3H3. The molecule has 0 heterocycles. The molecule has 0 aliphatic rings. The van der Waals surface area contributed by atoms with Crippen molar-refractivity contribution in [2.45, 2.75) is 6.92 Å².